The lowest BCUT2D eigenvalue weighted by molar-refractivity contribution is -0.112. The first-order valence-electron chi connectivity index (χ1n) is 4.31. The second-order valence-electron chi connectivity index (χ2n) is 2.80. The molecule has 5 nitrogen and oxygen atoms in total. The van der Waals surface area contributed by atoms with Gasteiger partial charge in [-0.3, -0.25) is 14.7 Å². The molecule has 74 valence electrons. The molecule has 0 saturated heterocycles. The first-order valence-corrected chi connectivity index (χ1v) is 5.29. The lowest BCUT2D eigenvalue weighted by Crippen LogP contribution is -2.12. The average Bonchev–Trinajstić information content (AvgIpc) is 2.70. The Bertz CT molecular complexity index is 385. The Morgan fingerprint density at radius 3 is 3.29 bits per heavy atom. The van der Waals surface area contributed by atoms with Crippen LogP contribution in [-0.4, -0.2) is 26.4 Å². The van der Waals surface area contributed by atoms with Crippen molar-refractivity contribution < 1.29 is 4.79 Å². The van der Waals surface area contributed by atoms with Gasteiger partial charge in [0.15, 0.2) is 5.16 Å². The second-order valence-corrected chi connectivity index (χ2v) is 3.86. The number of anilines is 1. The van der Waals surface area contributed by atoms with Crippen molar-refractivity contribution in [1.82, 2.24) is 14.8 Å². The lowest BCUT2D eigenvalue weighted by Gasteiger charge is -2.01. The van der Waals surface area contributed by atoms with Crippen molar-refractivity contribution in [2.75, 3.05) is 11.1 Å². The number of nitrogens with one attached hydrogen (secondary N) is 1. The summed E-state index contributed by atoms with van der Waals surface area (Å²) in [6.07, 6.45) is 3.15. The first-order chi connectivity index (χ1) is 6.81. The van der Waals surface area contributed by atoms with Crippen molar-refractivity contribution in [2.45, 2.75) is 18.6 Å². The third-order valence-corrected chi connectivity index (χ3v) is 2.76. The van der Waals surface area contributed by atoms with E-state index in [9.17, 15) is 4.79 Å². The molecular weight excluding hydrogens is 200 g/mol. The summed E-state index contributed by atoms with van der Waals surface area (Å²) in [4.78, 5) is 11.2. The predicted molar refractivity (Wildman–Crippen MR) is 54.2 cm³/mol. The molecule has 1 amide bonds. The standard InChI is InChI=1S/C8H10N4OS/c1-2-3-6(13)9-7-10-11-8-12(7)4-5-14-8/h2-3H,4-5H2,1H3,(H,9,10,13)/b3-2+. The van der Waals surface area contributed by atoms with Crippen LogP contribution < -0.4 is 5.32 Å². The van der Waals surface area contributed by atoms with Gasteiger partial charge in [0.05, 0.1) is 0 Å². The van der Waals surface area contributed by atoms with Gasteiger partial charge in [0, 0.05) is 12.3 Å². The smallest absolute Gasteiger partial charge is 0.250 e. The van der Waals surface area contributed by atoms with E-state index in [1.54, 1.807) is 24.8 Å². The number of thioether (sulfide) groups is 1. The lowest BCUT2D eigenvalue weighted by atomic mass is 10.5. The Labute approximate surface area is 85.6 Å². The zero-order valence-electron chi connectivity index (χ0n) is 7.73. The molecule has 2 heterocycles. The van der Waals surface area contributed by atoms with Gasteiger partial charge in [0.1, 0.15) is 0 Å². The molecule has 0 aliphatic carbocycles. The first kappa shape index (κ1) is 9.26. The molecular formula is C8H10N4OS. The van der Waals surface area contributed by atoms with Gasteiger partial charge in [-0.05, 0) is 13.0 Å². The molecule has 14 heavy (non-hydrogen) atoms. The summed E-state index contributed by atoms with van der Waals surface area (Å²) < 4.78 is 1.91. The molecule has 0 unspecified atom stereocenters. The highest BCUT2D eigenvalue weighted by molar-refractivity contribution is 7.99. The zero-order chi connectivity index (χ0) is 9.97. The molecule has 0 atom stereocenters. The highest BCUT2D eigenvalue weighted by Gasteiger charge is 2.18. The number of hydrogen-bond donors (Lipinski definition) is 1. The Hall–Kier alpha value is -1.30. The summed E-state index contributed by atoms with van der Waals surface area (Å²) in [5.41, 5.74) is 0. The molecule has 6 heteroatoms. The van der Waals surface area contributed by atoms with Gasteiger partial charge in [0.25, 0.3) is 0 Å². The summed E-state index contributed by atoms with van der Waals surface area (Å²) in [7, 11) is 0. The Balaban J connectivity index is 2.14. The van der Waals surface area contributed by atoms with E-state index in [0.29, 0.717) is 5.95 Å². The highest BCUT2D eigenvalue weighted by Crippen LogP contribution is 2.25. The number of nitrogens with zero attached hydrogens (tertiary/aromatic N) is 3. The second kappa shape index (κ2) is 3.83. The van der Waals surface area contributed by atoms with E-state index < -0.39 is 0 Å². The Kier molecular flexibility index (Phi) is 2.53. The molecule has 0 aromatic carbocycles. The largest absolute Gasteiger partial charge is 0.291 e. The minimum atomic E-state index is -0.167. The van der Waals surface area contributed by atoms with Gasteiger partial charge in [-0.15, -0.1) is 10.2 Å². The quantitative estimate of drug-likeness (QED) is 0.737. The molecule has 1 aromatic rings. The number of fused-ring (bicyclic) bond motifs is 1. The van der Waals surface area contributed by atoms with Crippen LogP contribution in [0.15, 0.2) is 17.3 Å². The van der Waals surface area contributed by atoms with Gasteiger partial charge in [-0.2, -0.15) is 0 Å². The van der Waals surface area contributed by atoms with Gasteiger partial charge in [0.2, 0.25) is 11.9 Å². The van der Waals surface area contributed by atoms with E-state index >= 15 is 0 Å². The summed E-state index contributed by atoms with van der Waals surface area (Å²) >= 11 is 1.65. The number of aromatic nitrogens is 3. The maximum atomic E-state index is 11.2. The van der Waals surface area contributed by atoms with Crippen molar-refractivity contribution in [3.8, 4) is 0 Å². The van der Waals surface area contributed by atoms with E-state index in [1.807, 2.05) is 4.57 Å². The van der Waals surface area contributed by atoms with Crippen LogP contribution in [0.3, 0.4) is 0 Å². The molecule has 2 rings (SSSR count). The topological polar surface area (TPSA) is 59.8 Å². The van der Waals surface area contributed by atoms with Crippen LogP contribution in [0.5, 0.6) is 0 Å². The van der Waals surface area contributed by atoms with Crippen LogP contribution in [0, 0.1) is 0 Å². The number of hydrogen-bond acceptors (Lipinski definition) is 4. The normalized spacial score (nSPS) is 14.6. The molecule has 1 N–H and O–H groups in total. The van der Waals surface area contributed by atoms with Crippen LogP contribution in [0.4, 0.5) is 5.95 Å². The van der Waals surface area contributed by atoms with E-state index in [0.717, 1.165) is 17.5 Å². The molecule has 0 radical (unpaired) electrons. The number of amides is 1. The Morgan fingerprint density at radius 2 is 2.50 bits per heavy atom. The molecule has 1 aromatic heterocycles. The monoisotopic (exact) mass is 210 g/mol. The van der Waals surface area contributed by atoms with Crippen molar-refractivity contribution in [3.05, 3.63) is 12.2 Å². The molecule has 1 aliphatic heterocycles. The third-order valence-electron chi connectivity index (χ3n) is 1.82. The van der Waals surface area contributed by atoms with Gasteiger partial charge >= 0.3 is 0 Å². The van der Waals surface area contributed by atoms with Crippen molar-refractivity contribution >= 4 is 23.6 Å². The summed E-state index contributed by atoms with van der Waals surface area (Å²) in [6, 6.07) is 0. The predicted octanol–water partition coefficient (Wildman–Crippen LogP) is 0.898. The van der Waals surface area contributed by atoms with Gasteiger partial charge in [-0.25, -0.2) is 0 Å². The summed E-state index contributed by atoms with van der Waals surface area (Å²) in [6.45, 7) is 2.65. The average molecular weight is 210 g/mol. The molecule has 0 fully saturated rings. The summed E-state index contributed by atoms with van der Waals surface area (Å²) in [5, 5.41) is 11.4. The minimum Gasteiger partial charge on any atom is -0.291 e. The Morgan fingerprint density at radius 1 is 1.64 bits per heavy atom. The van der Waals surface area contributed by atoms with E-state index in [2.05, 4.69) is 15.5 Å². The van der Waals surface area contributed by atoms with Crippen LogP contribution in [0.25, 0.3) is 0 Å². The SMILES string of the molecule is C/C=C/C(=O)Nc1nnc2n1CCS2. The fourth-order valence-corrected chi connectivity index (χ4v) is 2.11. The van der Waals surface area contributed by atoms with Crippen LogP contribution in [0.2, 0.25) is 0 Å². The number of carbonyl (C=O) groups is 1. The molecule has 1 aliphatic rings. The highest BCUT2D eigenvalue weighted by atomic mass is 32.2. The molecule has 0 spiro atoms. The van der Waals surface area contributed by atoms with Crippen LogP contribution in [-0.2, 0) is 11.3 Å². The van der Waals surface area contributed by atoms with Crippen molar-refractivity contribution in [1.29, 1.82) is 0 Å². The number of rotatable bonds is 2. The maximum absolute atomic E-state index is 11.2. The molecule has 0 saturated carbocycles. The van der Waals surface area contributed by atoms with Gasteiger partial charge in [-0.1, -0.05) is 17.8 Å². The third kappa shape index (κ3) is 1.65. The summed E-state index contributed by atoms with van der Waals surface area (Å²) in [5.74, 6) is 1.37. The van der Waals surface area contributed by atoms with Crippen molar-refractivity contribution in [2.24, 2.45) is 0 Å². The van der Waals surface area contributed by atoms with Crippen LogP contribution in [0.1, 0.15) is 6.92 Å². The fourth-order valence-electron chi connectivity index (χ4n) is 1.22. The van der Waals surface area contributed by atoms with E-state index in [4.69, 9.17) is 0 Å². The number of carbonyl (C=O) groups excluding carboxylic acids is 1. The number of allylic oxidation sites excluding steroid dienone is 1. The van der Waals surface area contributed by atoms with Gasteiger partial charge < -0.3 is 0 Å². The van der Waals surface area contributed by atoms with Crippen molar-refractivity contribution in [3.63, 3.8) is 0 Å². The van der Waals surface area contributed by atoms with E-state index in [-0.39, 0.29) is 5.91 Å². The minimum absolute atomic E-state index is 0.167. The van der Waals surface area contributed by atoms with E-state index in [1.165, 1.54) is 6.08 Å². The molecule has 0 bridgehead atoms. The zero-order valence-corrected chi connectivity index (χ0v) is 8.54. The maximum Gasteiger partial charge on any atom is 0.250 e. The van der Waals surface area contributed by atoms with Crippen LogP contribution >= 0.6 is 11.8 Å². The fraction of sp³-hybridized carbons (Fsp3) is 0.375.